The zero-order valence-electron chi connectivity index (χ0n) is 10.6. The number of hydrogen-bond acceptors (Lipinski definition) is 2. The lowest BCUT2D eigenvalue weighted by molar-refractivity contribution is -0.00312. The lowest BCUT2D eigenvalue weighted by Gasteiger charge is -2.25. The van der Waals surface area contributed by atoms with Crippen LogP contribution in [0.15, 0.2) is 60.7 Å². The summed E-state index contributed by atoms with van der Waals surface area (Å²) in [7, 11) is 0. The number of rotatable bonds is 3. The SMILES string of the molecule is CC(C)(OC(=O)c1ccccc1)c1ccccc1. The zero-order chi connectivity index (χ0) is 13.0. The Morgan fingerprint density at radius 2 is 1.39 bits per heavy atom. The fourth-order valence-corrected chi connectivity index (χ4v) is 1.76. The Bertz CT molecular complexity index is 515. The van der Waals surface area contributed by atoms with Crippen LogP contribution in [0.1, 0.15) is 29.8 Å². The molecule has 0 heterocycles. The summed E-state index contributed by atoms with van der Waals surface area (Å²) in [5.41, 5.74) is 0.921. The van der Waals surface area contributed by atoms with Gasteiger partial charge in [0.1, 0.15) is 5.60 Å². The summed E-state index contributed by atoms with van der Waals surface area (Å²) >= 11 is 0. The van der Waals surface area contributed by atoms with Crippen molar-refractivity contribution < 1.29 is 9.53 Å². The third kappa shape index (κ3) is 2.77. The molecule has 2 aromatic rings. The Labute approximate surface area is 107 Å². The molecule has 0 atom stereocenters. The highest BCUT2D eigenvalue weighted by Crippen LogP contribution is 2.25. The Kier molecular flexibility index (Phi) is 3.47. The maximum atomic E-state index is 12.0. The fourth-order valence-electron chi connectivity index (χ4n) is 1.76. The quantitative estimate of drug-likeness (QED) is 0.763. The van der Waals surface area contributed by atoms with Crippen molar-refractivity contribution in [2.24, 2.45) is 0 Å². The van der Waals surface area contributed by atoms with Crippen LogP contribution in [-0.2, 0) is 10.3 Å². The van der Waals surface area contributed by atoms with E-state index in [-0.39, 0.29) is 5.97 Å². The highest BCUT2D eigenvalue weighted by atomic mass is 16.6. The molecule has 0 aliphatic rings. The summed E-state index contributed by atoms with van der Waals surface area (Å²) in [5, 5.41) is 0. The minimum Gasteiger partial charge on any atom is -0.451 e. The molecule has 0 aliphatic heterocycles. The smallest absolute Gasteiger partial charge is 0.338 e. The van der Waals surface area contributed by atoms with Gasteiger partial charge in [0.05, 0.1) is 5.56 Å². The molecular formula is C16H16O2. The third-order valence-corrected chi connectivity index (χ3v) is 2.83. The fraction of sp³-hybridized carbons (Fsp3) is 0.188. The van der Waals surface area contributed by atoms with Crippen molar-refractivity contribution in [1.82, 2.24) is 0 Å². The van der Waals surface area contributed by atoms with Crippen molar-refractivity contribution in [3.63, 3.8) is 0 Å². The topological polar surface area (TPSA) is 26.3 Å². The van der Waals surface area contributed by atoms with E-state index in [1.807, 2.05) is 62.4 Å². The van der Waals surface area contributed by atoms with Gasteiger partial charge in [0.25, 0.3) is 0 Å². The van der Waals surface area contributed by atoms with Crippen LogP contribution >= 0.6 is 0 Å². The molecule has 0 N–H and O–H groups in total. The normalized spacial score (nSPS) is 11.0. The summed E-state index contributed by atoms with van der Waals surface area (Å²) in [6.45, 7) is 3.78. The molecule has 2 nitrogen and oxygen atoms in total. The average Bonchev–Trinajstić information content (AvgIpc) is 2.40. The molecule has 0 aromatic heterocycles. The molecule has 0 saturated heterocycles. The molecule has 0 unspecified atom stereocenters. The lowest BCUT2D eigenvalue weighted by atomic mass is 9.98. The zero-order valence-corrected chi connectivity index (χ0v) is 10.6. The number of ether oxygens (including phenoxy) is 1. The van der Waals surface area contributed by atoms with E-state index in [2.05, 4.69) is 0 Å². The Balaban J connectivity index is 2.17. The number of carbonyl (C=O) groups excluding carboxylic acids is 1. The molecule has 2 heteroatoms. The van der Waals surface area contributed by atoms with Crippen LogP contribution in [0.2, 0.25) is 0 Å². The monoisotopic (exact) mass is 240 g/mol. The van der Waals surface area contributed by atoms with E-state index in [1.54, 1.807) is 12.1 Å². The standard InChI is InChI=1S/C16H16O2/c1-16(2,14-11-7-4-8-12-14)18-15(17)13-9-5-3-6-10-13/h3-12H,1-2H3. The van der Waals surface area contributed by atoms with E-state index in [1.165, 1.54) is 0 Å². The lowest BCUT2D eigenvalue weighted by Crippen LogP contribution is -2.25. The molecule has 92 valence electrons. The van der Waals surface area contributed by atoms with Gasteiger partial charge in [0.15, 0.2) is 0 Å². The molecule has 0 radical (unpaired) electrons. The maximum Gasteiger partial charge on any atom is 0.338 e. The van der Waals surface area contributed by atoms with Gasteiger partial charge in [-0.05, 0) is 31.5 Å². The van der Waals surface area contributed by atoms with Crippen molar-refractivity contribution >= 4 is 5.97 Å². The molecule has 2 rings (SSSR count). The first kappa shape index (κ1) is 12.4. The molecule has 0 spiro atoms. The predicted molar refractivity (Wildman–Crippen MR) is 71.3 cm³/mol. The van der Waals surface area contributed by atoms with Gasteiger partial charge in [0.2, 0.25) is 0 Å². The van der Waals surface area contributed by atoms with Gasteiger partial charge in [-0.2, -0.15) is 0 Å². The molecule has 18 heavy (non-hydrogen) atoms. The van der Waals surface area contributed by atoms with Gasteiger partial charge < -0.3 is 4.74 Å². The summed E-state index contributed by atoms with van der Waals surface area (Å²) in [6, 6.07) is 18.8. The summed E-state index contributed by atoms with van der Waals surface area (Å²) in [4.78, 5) is 12.0. The number of benzene rings is 2. The number of esters is 1. The molecule has 0 fully saturated rings. The van der Waals surface area contributed by atoms with Crippen LogP contribution in [0.25, 0.3) is 0 Å². The van der Waals surface area contributed by atoms with Crippen molar-refractivity contribution in [3.8, 4) is 0 Å². The number of hydrogen-bond donors (Lipinski definition) is 0. The molecular weight excluding hydrogens is 224 g/mol. The maximum absolute atomic E-state index is 12.0. The van der Waals surface area contributed by atoms with E-state index in [4.69, 9.17) is 4.74 Å². The van der Waals surface area contributed by atoms with Crippen LogP contribution in [-0.4, -0.2) is 5.97 Å². The molecule has 0 amide bonds. The van der Waals surface area contributed by atoms with Gasteiger partial charge in [-0.1, -0.05) is 48.5 Å². The van der Waals surface area contributed by atoms with Crippen LogP contribution < -0.4 is 0 Å². The third-order valence-electron chi connectivity index (χ3n) is 2.83. The van der Waals surface area contributed by atoms with E-state index in [0.29, 0.717) is 5.56 Å². The highest BCUT2D eigenvalue weighted by molar-refractivity contribution is 5.89. The Morgan fingerprint density at radius 1 is 0.889 bits per heavy atom. The van der Waals surface area contributed by atoms with Crippen LogP contribution in [0.5, 0.6) is 0 Å². The van der Waals surface area contributed by atoms with Crippen molar-refractivity contribution in [2.45, 2.75) is 19.4 Å². The first-order valence-electron chi connectivity index (χ1n) is 5.93. The van der Waals surface area contributed by atoms with Crippen LogP contribution in [0.4, 0.5) is 0 Å². The van der Waals surface area contributed by atoms with Gasteiger partial charge in [-0.15, -0.1) is 0 Å². The first-order valence-corrected chi connectivity index (χ1v) is 5.93. The molecule has 0 aliphatic carbocycles. The second-order valence-electron chi connectivity index (χ2n) is 4.63. The minimum atomic E-state index is -0.631. The van der Waals surface area contributed by atoms with Crippen LogP contribution in [0.3, 0.4) is 0 Å². The van der Waals surface area contributed by atoms with Crippen LogP contribution in [0, 0.1) is 0 Å². The molecule has 2 aromatic carbocycles. The molecule has 0 saturated carbocycles. The molecule has 0 bridgehead atoms. The van der Waals surface area contributed by atoms with Crippen molar-refractivity contribution in [1.29, 1.82) is 0 Å². The summed E-state index contributed by atoms with van der Waals surface area (Å²) in [5.74, 6) is -0.301. The predicted octanol–water partition coefficient (Wildman–Crippen LogP) is 3.78. The van der Waals surface area contributed by atoms with Crippen molar-refractivity contribution in [2.75, 3.05) is 0 Å². The highest BCUT2D eigenvalue weighted by Gasteiger charge is 2.25. The average molecular weight is 240 g/mol. The van der Waals surface area contributed by atoms with Crippen molar-refractivity contribution in [3.05, 3.63) is 71.8 Å². The van der Waals surface area contributed by atoms with Gasteiger partial charge in [-0.25, -0.2) is 4.79 Å². The number of carbonyl (C=O) groups is 1. The van der Waals surface area contributed by atoms with E-state index >= 15 is 0 Å². The van der Waals surface area contributed by atoms with E-state index < -0.39 is 5.60 Å². The minimum absolute atomic E-state index is 0.301. The van der Waals surface area contributed by atoms with Gasteiger partial charge >= 0.3 is 5.97 Å². The Morgan fingerprint density at radius 3 is 1.94 bits per heavy atom. The van der Waals surface area contributed by atoms with Gasteiger partial charge in [0, 0.05) is 0 Å². The van der Waals surface area contributed by atoms with Gasteiger partial charge in [-0.3, -0.25) is 0 Å². The van der Waals surface area contributed by atoms with E-state index in [9.17, 15) is 4.79 Å². The second kappa shape index (κ2) is 5.05. The van der Waals surface area contributed by atoms with E-state index in [0.717, 1.165) is 5.56 Å². The largest absolute Gasteiger partial charge is 0.451 e. The first-order chi connectivity index (χ1) is 8.59. The Hall–Kier alpha value is -2.09. The summed E-state index contributed by atoms with van der Waals surface area (Å²) in [6.07, 6.45) is 0. The second-order valence-corrected chi connectivity index (χ2v) is 4.63. The summed E-state index contributed by atoms with van der Waals surface area (Å²) < 4.78 is 5.57.